The maximum absolute atomic E-state index is 10.5. The Balaban J connectivity index is 3.38. The highest BCUT2D eigenvalue weighted by molar-refractivity contribution is 7.80. The second kappa shape index (κ2) is 13.3. The minimum absolute atomic E-state index is 0.0770. The van der Waals surface area contributed by atoms with Crippen LogP contribution in [0.15, 0.2) is 0 Å². The van der Waals surface area contributed by atoms with E-state index in [4.69, 9.17) is 4.55 Å². The Morgan fingerprint density at radius 3 is 1.73 bits per heavy atom. The van der Waals surface area contributed by atoms with Crippen molar-refractivity contribution in [2.24, 2.45) is 11.8 Å². The van der Waals surface area contributed by atoms with E-state index in [1.807, 2.05) is 6.92 Å². The zero-order chi connectivity index (χ0) is 16.8. The second-order valence-corrected chi connectivity index (χ2v) is 7.85. The first-order chi connectivity index (χ1) is 10.3. The highest BCUT2D eigenvalue weighted by Crippen LogP contribution is 2.18. The van der Waals surface area contributed by atoms with Gasteiger partial charge in [-0.05, 0) is 18.3 Å². The Labute approximate surface area is 138 Å². The van der Waals surface area contributed by atoms with Crippen molar-refractivity contribution in [1.82, 2.24) is 0 Å². The number of rotatable bonds is 15. The number of hydrogen-bond acceptors (Lipinski definition) is 3. The van der Waals surface area contributed by atoms with Crippen LogP contribution in [-0.2, 0) is 14.6 Å². The van der Waals surface area contributed by atoms with Gasteiger partial charge in [-0.15, -0.1) is 0 Å². The van der Waals surface area contributed by atoms with Crippen molar-refractivity contribution in [2.45, 2.75) is 91.4 Å². The summed E-state index contributed by atoms with van der Waals surface area (Å²) in [7, 11) is -4.28. The monoisotopic (exact) mass is 336 g/mol. The standard InChI is InChI=1S/C17H36O4S/c1-4-5-6-9-12-16(2)13-10-7-8-11-14-17(3)15-21-22(18,19)20/h16-17H,4-15H2,1-3H3,(H,18,19,20). The van der Waals surface area contributed by atoms with E-state index in [-0.39, 0.29) is 12.5 Å². The molecular weight excluding hydrogens is 300 g/mol. The van der Waals surface area contributed by atoms with Crippen LogP contribution >= 0.6 is 0 Å². The van der Waals surface area contributed by atoms with Gasteiger partial charge in [0.05, 0.1) is 6.61 Å². The lowest BCUT2D eigenvalue weighted by molar-refractivity contribution is 0.222. The third-order valence-corrected chi connectivity index (χ3v) is 4.63. The van der Waals surface area contributed by atoms with Crippen LogP contribution < -0.4 is 0 Å². The highest BCUT2D eigenvalue weighted by Gasteiger charge is 2.09. The predicted octanol–water partition coefficient (Wildman–Crippen LogP) is 5.39. The summed E-state index contributed by atoms with van der Waals surface area (Å²) in [5.41, 5.74) is 0. The average molecular weight is 337 g/mol. The lowest BCUT2D eigenvalue weighted by Crippen LogP contribution is -2.11. The Morgan fingerprint density at radius 2 is 1.27 bits per heavy atom. The summed E-state index contributed by atoms with van der Waals surface area (Å²) in [5.74, 6) is 1.01. The Bertz CT molecular complexity index is 341. The SMILES string of the molecule is CCCCCCC(C)CCCCCCC(C)COS(=O)(=O)O. The Kier molecular flexibility index (Phi) is 13.2. The first-order valence-corrected chi connectivity index (χ1v) is 10.3. The van der Waals surface area contributed by atoms with Crippen LogP contribution in [0.4, 0.5) is 0 Å². The first kappa shape index (κ1) is 21.9. The molecule has 0 spiro atoms. The molecule has 0 amide bonds. The zero-order valence-corrected chi connectivity index (χ0v) is 15.5. The molecule has 0 bridgehead atoms. The fourth-order valence-electron chi connectivity index (χ4n) is 2.69. The van der Waals surface area contributed by atoms with E-state index in [9.17, 15) is 8.42 Å². The van der Waals surface area contributed by atoms with Gasteiger partial charge < -0.3 is 0 Å². The molecule has 0 aliphatic rings. The fourth-order valence-corrected chi connectivity index (χ4v) is 3.09. The van der Waals surface area contributed by atoms with Crippen LogP contribution in [0.2, 0.25) is 0 Å². The molecule has 0 heterocycles. The van der Waals surface area contributed by atoms with E-state index >= 15 is 0 Å². The van der Waals surface area contributed by atoms with Gasteiger partial charge in [0.2, 0.25) is 0 Å². The third-order valence-electron chi connectivity index (χ3n) is 4.20. The topological polar surface area (TPSA) is 63.6 Å². The summed E-state index contributed by atoms with van der Waals surface area (Å²) in [6, 6.07) is 0. The van der Waals surface area contributed by atoms with Crippen LogP contribution in [0, 0.1) is 11.8 Å². The highest BCUT2D eigenvalue weighted by atomic mass is 32.3. The van der Waals surface area contributed by atoms with Crippen molar-refractivity contribution in [3.63, 3.8) is 0 Å². The van der Waals surface area contributed by atoms with E-state index < -0.39 is 10.4 Å². The van der Waals surface area contributed by atoms with E-state index in [1.165, 1.54) is 57.8 Å². The summed E-state index contributed by atoms with van der Waals surface area (Å²) in [5, 5.41) is 0. The van der Waals surface area contributed by atoms with Gasteiger partial charge in [-0.25, -0.2) is 4.18 Å². The van der Waals surface area contributed by atoms with Crippen molar-refractivity contribution in [3.05, 3.63) is 0 Å². The Hall–Kier alpha value is -0.130. The molecular formula is C17H36O4S. The summed E-state index contributed by atoms with van der Waals surface area (Å²) in [6.45, 7) is 6.64. The minimum atomic E-state index is -4.28. The van der Waals surface area contributed by atoms with Crippen LogP contribution in [-0.4, -0.2) is 19.6 Å². The van der Waals surface area contributed by atoms with Crippen molar-refractivity contribution in [3.8, 4) is 0 Å². The Morgan fingerprint density at radius 1 is 0.818 bits per heavy atom. The lowest BCUT2D eigenvalue weighted by Gasteiger charge is -2.12. The van der Waals surface area contributed by atoms with Gasteiger partial charge in [0, 0.05) is 0 Å². The van der Waals surface area contributed by atoms with E-state index in [0.717, 1.165) is 18.8 Å². The van der Waals surface area contributed by atoms with Gasteiger partial charge in [-0.1, -0.05) is 85.0 Å². The van der Waals surface area contributed by atoms with Crippen molar-refractivity contribution < 1.29 is 17.2 Å². The molecule has 0 aliphatic carbocycles. The molecule has 0 aromatic heterocycles. The first-order valence-electron chi connectivity index (χ1n) is 8.97. The summed E-state index contributed by atoms with van der Waals surface area (Å²) in [6.07, 6.45) is 13.9. The quantitative estimate of drug-likeness (QED) is 0.322. The smallest absolute Gasteiger partial charge is 0.264 e. The summed E-state index contributed by atoms with van der Waals surface area (Å²) >= 11 is 0. The van der Waals surface area contributed by atoms with Gasteiger partial charge in [-0.3, -0.25) is 4.55 Å². The fraction of sp³-hybridized carbons (Fsp3) is 1.00. The lowest BCUT2D eigenvalue weighted by atomic mass is 9.95. The molecule has 0 rings (SSSR count). The summed E-state index contributed by atoms with van der Waals surface area (Å²) < 4.78 is 33.8. The largest absolute Gasteiger partial charge is 0.397 e. The molecule has 0 radical (unpaired) electrons. The molecule has 4 nitrogen and oxygen atoms in total. The van der Waals surface area contributed by atoms with Crippen molar-refractivity contribution >= 4 is 10.4 Å². The molecule has 0 saturated heterocycles. The van der Waals surface area contributed by atoms with Crippen LogP contribution in [0.3, 0.4) is 0 Å². The molecule has 22 heavy (non-hydrogen) atoms. The zero-order valence-electron chi connectivity index (χ0n) is 14.7. The molecule has 0 aromatic carbocycles. The third kappa shape index (κ3) is 16.2. The number of unbranched alkanes of at least 4 members (excludes halogenated alkanes) is 6. The van der Waals surface area contributed by atoms with Crippen LogP contribution in [0.5, 0.6) is 0 Å². The van der Waals surface area contributed by atoms with Crippen molar-refractivity contribution in [2.75, 3.05) is 6.61 Å². The second-order valence-electron chi connectivity index (χ2n) is 6.76. The molecule has 134 valence electrons. The van der Waals surface area contributed by atoms with Gasteiger partial charge in [0.25, 0.3) is 0 Å². The van der Waals surface area contributed by atoms with Crippen LogP contribution in [0.1, 0.15) is 91.4 Å². The van der Waals surface area contributed by atoms with E-state index in [1.54, 1.807) is 0 Å². The molecule has 0 saturated carbocycles. The molecule has 2 unspecified atom stereocenters. The van der Waals surface area contributed by atoms with Gasteiger partial charge >= 0.3 is 10.4 Å². The molecule has 1 N–H and O–H groups in total. The molecule has 0 fully saturated rings. The molecule has 0 aliphatic heterocycles. The minimum Gasteiger partial charge on any atom is -0.264 e. The maximum atomic E-state index is 10.5. The predicted molar refractivity (Wildman–Crippen MR) is 92.3 cm³/mol. The van der Waals surface area contributed by atoms with Gasteiger partial charge in [-0.2, -0.15) is 8.42 Å². The maximum Gasteiger partial charge on any atom is 0.397 e. The number of hydrogen-bond donors (Lipinski definition) is 1. The molecule has 0 aromatic rings. The molecule has 2 atom stereocenters. The molecule has 5 heteroatoms. The van der Waals surface area contributed by atoms with Crippen LogP contribution in [0.25, 0.3) is 0 Å². The summed E-state index contributed by atoms with van der Waals surface area (Å²) in [4.78, 5) is 0. The van der Waals surface area contributed by atoms with Gasteiger partial charge in [0.15, 0.2) is 0 Å². The average Bonchev–Trinajstić information content (AvgIpc) is 2.44. The normalized spacial score (nSPS) is 14.9. The van der Waals surface area contributed by atoms with E-state index in [2.05, 4.69) is 18.0 Å². The van der Waals surface area contributed by atoms with Gasteiger partial charge in [0.1, 0.15) is 0 Å². The van der Waals surface area contributed by atoms with E-state index in [0.29, 0.717) is 0 Å². The van der Waals surface area contributed by atoms with Crippen molar-refractivity contribution in [1.29, 1.82) is 0 Å².